The summed E-state index contributed by atoms with van der Waals surface area (Å²) in [6.45, 7) is 2.68. The zero-order chi connectivity index (χ0) is 15.2. The number of hydrogen-bond donors (Lipinski definition) is 1. The number of carboxylic acids is 1. The summed E-state index contributed by atoms with van der Waals surface area (Å²) >= 11 is 6.21. The number of aromatic nitrogens is 2. The minimum atomic E-state index is -0.850. The Labute approximate surface area is 141 Å². The van der Waals surface area contributed by atoms with Gasteiger partial charge in [-0.2, -0.15) is 0 Å². The van der Waals surface area contributed by atoms with Crippen LogP contribution < -0.4 is 0 Å². The molecule has 0 radical (unpaired) electrons. The Bertz CT molecular complexity index is 626. The van der Waals surface area contributed by atoms with Crippen molar-refractivity contribution in [1.82, 2.24) is 9.55 Å². The van der Waals surface area contributed by atoms with E-state index in [0.29, 0.717) is 17.3 Å². The molecule has 1 N–H and O–H groups in total. The maximum Gasteiger partial charge on any atom is 0.309 e. The average Bonchev–Trinajstić information content (AvgIpc) is 2.81. The lowest BCUT2D eigenvalue weighted by molar-refractivity contribution is -0.136. The molecule has 0 amide bonds. The highest BCUT2D eigenvalue weighted by Crippen LogP contribution is 2.19. The highest BCUT2D eigenvalue weighted by Gasteiger charge is 2.13. The summed E-state index contributed by atoms with van der Waals surface area (Å²) < 4.78 is 1.98. The molecule has 0 unspecified atom stereocenters. The van der Waals surface area contributed by atoms with Crippen molar-refractivity contribution in [3.63, 3.8) is 0 Å². The number of imidazole rings is 1. The first-order valence-electron chi connectivity index (χ1n) is 7.10. The third-order valence-electron chi connectivity index (χ3n) is 3.39. The Hall–Kier alpha value is -1.52. The van der Waals surface area contributed by atoms with E-state index in [1.807, 2.05) is 28.8 Å². The fourth-order valence-electron chi connectivity index (χ4n) is 2.27. The maximum absolute atomic E-state index is 11.0. The zero-order valence-corrected chi connectivity index (χ0v) is 14.0. The first kappa shape index (κ1) is 18.5. The molecule has 2 rings (SSSR count). The van der Waals surface area contributed by atoms with Gasteiger partial charge in [0.2, 0.25) is 0 Å². The second-order valence-electron chi connectivity index (χ2n) is 5.02. The van der Waals surface area contributed by atoms with Gasteiger partial charge < -0.3 is 9.67 Å². The SMILES string of the molecule is CCCCc1ncc(CC(=O)O)n1Cc1ccccc1Cl.Cl. The van der Waals surface area contributed by atoms with Gasteiger partial charge in [-0.15, -0.1) is 12.4 Å². The Morgan fingerprint density at radius 1 is 1.36 bits per heavy atom. The van der Waals surface area contributed by atoms with Crippen LogP contribution >= 0.6 is 24.0 Å². The van der Waals surface area contributed by atoms with Gasteiger partial charge in [0, 0.05) is 23.3 Å². The molecule has 0 bridgehead atoms. The van der Waals surface area contributed by atoms with Crippen LogP contribution in [0, 0.1) is 0 Å². The lowest BCUT2D eigenvalue weighted by atomic mass is 10.2. The van der Waals surface area contributed by atoms with Crippen LogP contribution in [-0.4, -0.2) is 20.6 Å². The van der Waals surface area contributed by atoms with Gasteiger partial charge in [-0.3, -0.25) is 4.79 Å². The number of nitrogens with zero attached hydrogens (tertiary/aromatic N) is 2. The van der Waals surface area contributed by atoms with Crippen molar-refractivity contribution in [2.45, 2.75) is 39.2 Å². The number of carbonyl (C=O) groups is 1. The minimum Gasteiger partial charge on any atom is -0.481 e. The molecule has 0 fully saturated rings. The smallest absolute Gasteiger partial charge is 0.309 e. The van der Waals surface area contributed by atoms with E-state index in [4.69, 9.17) is 16.7 Å². The Balaban J connectivity index is 0.00000242. The van der Waals surface area contributed by atoms with E-state index in [0.717, 1.165) is 30.7 Å². The monoisotopic (exact) mass is 342 g/mol. The van der Waals surface area contributed by atoms with Crippen LogP contribution in [0.5, 0.6) is 0 Å². The molecule has 1 heterocycles. The molecule has 1 aromatic heterocycles. The second-order valence-corrected chi connectivity index (χ2v) is 5.42. The lowest BCUT2D eigenvalue weighted by Gasteiger charge is -2.12. The van der Waals surface area contributed by atoms with Crippen molar-refractivity contribution in [3.8, 4) is 0 Å². The van der Waals surface area contributed by atoms with E-state index in [2.05, 4.69) is 11.9 Å². The third kappa shape index (κ3) is 4.75. The Morgan fingerprint density at radius 2 is 2.09 bits per heavy atom. The Kier molecular flexibility index (Phi) is 7.42. The van der Waals surface area contributed by atoms with Gasteiger partial charge in [-0.1, -0.05) is 43.1 Å². The number of rotatable bonds is 7. The molecule has 0 aliphatic rings. The summed E-state index contributed by atoms with van der Waals surface area (Å²) in [4.78, 5) is 15.4. The fourth-order valence-corrected chi connectivity index (χ4v) is 2.47. The minimum absolute atomic E-state index is 0. The summed E-state index contributed by atoms with van der Waals surface area (Å²) in [5.41, 5.74) is 1.69. The van der Waals surface area contributed by atoms with Crippen molar-refractivity contribution in [1.29, 1.82) is 0 Å². The molecule has 4 nitrogen and oxygen atoms in total. The highest BCUT2D eigenvalue weighted by molar-refractivity contribution is 6.31. The summed E-state index contributed by atoms with van der Waals surface area (Å²) in [6, 6.07) is 7.61. The number of unbranched alkanes of at least 4 members (excludes halogenated alkanes) is 1. The molecule has 0 aliphatic heterocycles. The van der Waals surface area contributed by atoms with Gasteiger partial charge >= 0.3 is 5.97 Å². The normalized spacial score (nSPS) is 10.3. The average molecular weight is 343 g/mol. The molecule has 0 spiro atoms. The number of benzene rings is 1. The van der Waals surface area contributed by atoms with Crippen LogP contribution in [0.1, 0.15) is 36.8 Å². The van der Waals surface area contributed by atoms with Crippen LogP contribution in [0.3, 0.4) is 0 Å². The molecular weight excluding hydrogens is 323 g/mol. The van der Waals surface area contributed by atoms with Crippen LogP contribution in [0.4, 0.5) is 0 Å². The summed E-state index contributed by atoms with van der Waals surface area (Å²) in [5, 5.41) is 9.72. The molecule has 0 saturated carbocycles. The highest BCUT2D eigenvalue weighted by atomic mass is 35.5. The van der Waals surface area contributed by atoms with E-state index in [-0.39, 0.29) is 18.8 Å². The number of hydrogen-bond acceptors (Lipinski definition) is 2. The quantitative estimate of drug-likeness (QED) is 0.827. The van der Waals surface area contributed by atoms with Gasteiger partial charge in [0.15, 0.2) is 0 Å². The maximum atomic E-state index is 11.0. The summed E-state index contributed by atoms with van der Waals surface area (Å²) in [5.74, 6) is 0.0744. The van der Waals surface area contributed by atoms with Crippen molar-refractivity contribution >= 4 is 30.0 Å². The standard InChI is InChI=1S/C16H19ClN2O2.ClH/c1-2-3-8-15-18-10-13(9-16(20)21)19(15)11-12-6-4-5-7-14(12)17;/h4-7,10H,2-3,8-9,11H2,1H3,(H,20,21);1H. The number of aliphatic carboxylic acids is 1. The predicted molar refractivity (Wildman–Crippen MR) is 90.0 cm³/mol. The lowest BCUT2D eigenvalue weighted by Crippen LogP contribution is -2.12. The van der Waals surface area contributed by atoms with E-state index in [1.54, 1.807) is 6.20 Å². The topological polar surface area (TPSA) is 55.1 Å². The second kappa shape index (κ2) is 8.81. The molecule has 0 atom stereocenters. The van der Waals surface area contributed by atoms with Crippen molar-refractivity contribution in [2.75, 3.05) is 0 Å². The van der Waals surface area contributed by atoms with Gasteiger partial charge in [0.05, 0.1) is 13.0 Å². The van der Waals surface area contributed by atoms with E-state index in [9.17, 15) is 4.79 Å². The number of halogens is 2. The molecule has 0 aliphatic carbocycles. The first-order chi connectivity index (χ1) is 10.1. The van der Waals surface area contributed by atoms with E-state index >= 15 is 0 Å². The largest absolute Gasteiger partial charge is 0.481 e. The van der Waals surface area contributed by atoms with Crippen LogP contribution in [0.15, 0.2) is 30.5 Å². The molecule has 6 heteroatoms. The molecule has 22 heavy (non-hydrogen) atoms. The molecule has 120 valence electrons. The van der Waals surface area contributed by atoms with Gasteiger partial charge in [-0.05, 0) is 18.1 Å². The Morgan fingerprint density at radius 3 is 2.73 bits per heavy atom. The van der Waals surface area contributed by atoms with Crippen molar-refractivity contribution in [2.24, 2.45) is 0 Å². The number of aryl methyl sites for hydroxylation is 1. The molecular formula is C16H20Cl2N2O2. The van der Waals surface area contributed by atoms with Crippen molar-refractivity contribution in [3.05, 3.63) is 52.6 Å². The first-order valence-corrected chi connectivity index (χ1v) is 7.48. The van der Waals surface area contributed by atoms with E-state index < -0.39 is 5.97 Å². The number of carboxylic acid groups (broad SMARTS) is 1. The zero-order valence-electron chi connectivity index (χ0n) is 12.5. The van der Waals surface area contributed by atoms with Gasteiger partial charge in [0.1, 0.15) is 5.82 Å². The van der Waals surface area contributed by atoms with E-state index in [1.165, 1.54) is 0 Å². The summed E-state index contributed by atoms with van der Waals surface area (Å²) in [6.07, 6.45) is 4.60. The van der Waals surface area contributed by atoms with Gasteiger partial charge in [0.25, 0.3) is 0 Å². The van der Waals surface area contributed by atoms with Crippen LogP contribution in [0.25, 0.3) is 0 Å². The van der Waals surface area contributed by atoms with Crippen molar-refractivity contribution < 1.29 is 9.90 Å². The molecule has 0 saturated heterocycles. The predicted octanol–water partition coefficient (Wildman–Crippen LogP) is 3.98. The van der Waals surface area contributed by atoms with Crippen LogP contribution in [0.2, 0.25) is 5.02 Å². The summed E-state index contributed by atoms with van der Waals surface area (Å²) in [7, 11) is 0. The molecule has 1 aromatic carbocycles. The van der Waals surface area contributed by atoms with Crippen LogP contribution in [-0.2, 0) is 24.2 Å². The van der Waals surface area contributed by atoms with Gasteiger partial charge in [-0.25, -0.2) is 4.98 Å². The molecule has 2 aromatic rings. The fraction of sp³-hybridized carbons (Fsp3) is 0.375. The third-order valence-corrected chi connectivity index (χ3v) is 3.76.